The summed E-state index contributed by atoms with van der Waals surface area (Å²) in [6, 6.07) is 11.8. The van der Waals surface area contributed by atoms with Gasteiger partial charge in [0.2, 0.25) is 0 Å². The van der Waals surface area contributed by atoms with E-state index in [1.807, 2.05) is 0 Å². The van der Waals surface area contributed by atoms with Gasteiger partial charge in [-0.3, -0.25) is 0 Å². The first-order chi connectivity index (χ1) is 12.6. The van der Waals surface area contributed by atoms with Gasteiger partial charge in [0.05, 0.1) is 4.90 Å². The molecule has 4 nitrogen and oxygen atoms in total. The van der Waals surface area contributed by atoms with Crippen molar-refractivity contribution in [1.82, 2.24) is 0 Å². The van der Waals surface area contributed by atoms with E-state index >= 15 is 0 Å². The summed E-state index contributed by atoms with van der Waals surface area (Å²) in [4.78, 5) is 0.142. The standard InChI is InChI=1S/C20H16F2O4S/c1-27(25,26)17-4-2-13(3-5-17)18-11-20(24)19(23)9-14(18)6-12-7-15(21)10-16(22)8-12/h2-5,7-11,23-24H,6H2,1H3. The maximum atomic E-state index is 13.5. The number of halogens is 2. The summed E-state index contributed by atoms with van der Waals surface area (Å²) in [5.74, 6) is -2.15. The number of sulfone groups is 1. The van der Waals surface area contributed by atoms with Crippen LogP contribution in [0.2, 0.25) is 0 Å². The monoisotopic (exact) mass is 390 g/mol. The predicted molar refractivity (Wildman–Crippen MR) is 97.5 cm³/mol. The average Bonchev–Trinajstić information content (AvgIpc) is 2.56. The fourth-order valence-corrected chi connectivity index (χ4v) is 3.48. The third kappa shape index (κ3) is 4.25. The van der Waals surface area contributed by atoms with E-state index in [0.29, 0.717) is 22.3 Å². The number of rotatable bonds is 4. The lowest BCUT2D eigenvalue weighted by molar-refractivity contribution is 0.403. The Labute approximate surface area is 155 Å². The van der Waals surface area contributed by atoms with E-state index in [2.05, 4.69) is 0 Å². The fourth-order valence-electron chi connectivity index (χ4n) is 2.85. The quantitative estimate of drug-likeness (QED) is 0.660. The predicted octanol–water partition coefficient (Wildman–Crippen LogP) is 4.04. The van der Waals surface area contributed by atoms with Crippen molar-refractivity contribution in [3.8, 4) is 22.6 Å². The maximum Gasteiger partial charge on any atom is 0.175 e. The van der Waals surface area contributed by atoms with Crippen LogP contribution in [0.1, 0.15) is 11.1 Å². The van der Waals surface area contributed by atoms with Gasteiger partial charge in [-0.2, -0.15) is 0 Å². The molecule has 0 unspecified atom stereocenters. The van der Waals surface area contributed by atoms with Crippen molar-refractivity contribution in [3.63, 3.8) is 0 Å². The van der Waals surface area contributed by atoms with Crippen LogP contribution in [0.3, 0.4) is 0 Å². The summed E-state index contributed by atoms with van der Waals surface area (Å²) >= 11 is 0. The van der Waals surface area contributed by atoms with Crippen molar-refractivity contribution in [2.75, 3.05) is 6.26 Å². The Morgan fingerprint density at radius 1 is 0.852 bits per heavy atom. The fraction of sp³-hybridized carbons (Fsp3) is 0.100. The van der Waals surface area contributed by atoms with E-state index < -0.39 is 21.5 Å². The first-order valence-corrected chi connectivity index (χ1v) is 9.83. The Morgan fingerprint density at radius 2 is 1.41 bits per heavy atom. The average molecular weight is 390 g/mol. The summed E-state index contributed by atoms with van der Waals surface area (Å²) in [5, 5.41) is 19.7. The summed E-state index contributed by atoms with van der Waals surface area (Å²) < 4.78 is 50.1. The lowest BCUT2D eigenvalue weighted by Crippen LogP contribution is -1.97. The van der Waals surface area contributed by atoms with Gasteiger partial charge in [0.25, 0.3) is 0 Å². The number of phenols is 2. The van der Waals surface area contributed by atoms with E-state index in [1.54, 1.807) is 12.1 Å². The zero-order valence-electron chi connectivity index (χ0n) is 14.3. The van der Waals surface area contributed by atoms with Crippen LogP contribution in [0.5, 0.6) is 11.5 Å². The molecule has 0 saturated carbocycles. The van der Waals surface area contributed by atoms with Crippen LogP contribution in [-0.4, -0.2) is 24.9 Å². The number of hydrogen-bond donors (Lipinski definition) is 2. The van der Waals surface area contributed by atoms with Crippen LogP contribution < -0.4 is 0 Å². The SMILES string of the molecule is CS(=O)(=O)c1ccc(-c2cc(O)c(O)cc2Cc2cc(F)cc(F)c2)cc1. The van der Waals surface area contributed by atoms with Gasteiger partial charge in [0.15, 0.2) is 21.3 Å². The van der Waals surface area contributed by atoms with Gasteiger partial charge >= 0.3 is 0 Å². The molecule has 0 amide bonds. The first-order valence-electron chi connectivity index (χ1n) is 7.94. The van der Waals surface area contributed by atoms with Crippen LogP contribution >= 0.6 is 0 Å². The molecular weight excluding hydrogens is 374 g/mol. The lowest BCUT2D eigenvalue weighted by atomic mass is 9.94. The summed E-state index contributed by atoms with van der Waals surface area (Å²) in [6.45, 7) is 0. The van der Waals surface area contributed by atoms with Crippen molar-refractivity contribution in [2.45, 2.75) is 11.3 Å². The molecule has 0 heterocycles. The largest absolute Gasteiger partial charge is 0.504 e. The molecule has 3 rings (SSSR count). The maximum absolute atomic E-state index is 13.5. The van der Waals surface area contributed by atoms with E-state index in [0.717, 1.165) is 12.3 Å². The minimum Gasteiger partial charge on any atom is -0.504 e. The topological polar surface area (TPSA) is 74.6 Å². The lowest BCUT2D eigenvalue weighted by Gasteiger charge is -2.13. The normalized spacial score (nSPS) is 11.5. The molecule has 0 aliphatic heterocycles. The highest BCUT2D eigenvalue weighted by atomic mass is 32.2. The Kier molecular flexibility index (Phi) is 4.89. The van der Waals surface area contributed by atoms with Crippen LogP contribution in [0.4, 0.5) is 8.78 Å². The molecule has 2 N–H and O–H groups in total. The van der Waals surface area contributed by atoms with E-state index in [1.165, 1.54) is 36.4 Å². The number of hydrogen-bond acceptors (Lipinski definition) is 4. The molecule has 140 valence electrons. The van der Waals surface area contributed by atoms with Crippen molar-refractivity contribution >= 4 is 9.84 Å². The van der Waals surface area contributed by atoms with Crippen molar-refractivity contribution in [1.29, 1.82) is 0 Å². The number of benzene rings is 3. The van der Waals surface area contributed by atoms with Gasteiger partial charge in [-0.1, -0.05) is 12.1 Å². The van der Waals surface area contributed by atoms with Crippen LogP contribution in [0.15, 0.2) is 59.5 Å². The Hall–Kier alpha value is -2.93. The second kappa shape index (κ2) is 7.00. The molecule has 7 heteroatoms. The third-order valence-electron chi connectivity index (χ3n) is 4.11. The number of aromatic hydroxyl groups is 2. The molecule has 0 aliphatic carbocycles. The Bertz CT molecular complexity index is 1090. The molecule has 0 saturated heterocycles. The molecule has 0 bridgehead atoms. The van der Waals surface area contributed by atoms with Crippen molar-refractivity contribution < 1.29 is 27.4 Å². The molecule has 0 fully saturated rings. The number of phenolic OH excluding ortho intramolecular Hbond substituents is 2. The second-order valence-electron chi connectivity index (χ2n) is 6.25. The minimum atomic E-state index is -3.36. The van der Waals surface area contributed by atoms with Crippen molar-refractivity contribution in [2.24, 2.45) is 0 Å². The molecule has 0 radical (unpaired) electrons. The van der Waals surface area contributed by atoms with Gasteiger partial charge in [-0.05, 0) is 65.1 Å². The van der Waals surface area contributed by atoms with Gasteiger partial charge in [-0.15, -0.1) is 0 Å². The highest BCUT2D eigenvalue weighted by Crippen LogP contribution is 2.36. The molecule has 0 aromatic heterocycles. The second-order valence-corrected chi connectivity index (χ2v) is 8.26. The Balaban J connectivity index is 2.08. The van der Waals surface area contributed by atoms with Crippen molar-refractivity contribution in [3.05, 3.63) is 77.4 Å². The van der Waals surface area contributed by atoms with Crippen LogP contribution in [0, 0.1) is 11.6 Å². The van der Waals surface area contributed by atoms with Gasteiger partial charge < -0.3 is 10.2 Å². The van der Waals surface area contributed by atoms with Crippen LogP contribution in [0.25, 0.3) is 11.1 Å². The summed E-state index contributed by atoms with van der Waals surface area (Å²) in [7, 11) is -3.36. The van der Waals surface area contributed by atoms with E-state index in [4.69, 9.17) is 0 Å². The minimum absolute atomic E-state index is 0.103. The third-order valence-corrected chi connectivity index (χ3v) is 5.24. The molecule has 0 atom stereocenters. The zero-order chi connectivity index (χ0) is 19.8. The molecule has 3 aromatic carbocycles. The van der Waals surface area contributed by atoms with Crippen LogP contribution in [-0.2, 0) is 16.3 Å². The van der Waals surface area contributed by atoms with Gasteiger partial charge in [-0.25, -0.2) is 17.2 Å². The Morgan fingerprint density at radius 3 is 1.96 bits per heavy atom. The summed E-state index contributed by atoms with van der Waals surface area (Å²) in [5.41, 5.74) is 1.97. The van der Waals surface area contributed by atoms with Gasteiger partial charge in [0, 0.05) is 12.3 Å². The molecule has 3 aromatic rings. The highest BCUT2D eigenvalue weighted by molar-refractivity contribution is 7.90. The van der Waals surface area contributed by atoms with E-state index in [9.17, 15) is 27.4 Å². The first kappa shape index (κ1) is 18.8. The molecular formula is C20H16F2O4S. The molecule has 0 aliphatic rings. The molecule has 27 heavy (non-hydrogen) atoms. The zero-order valence-corrected chi connectivity index (χ0v) is 15.1. The smallest absolute Gasteiger partial charge is 0.175 e. The highest BCUT2D eigenvalue weighted by Gasteiger charge is 2.14. The molecule has 0 spiro atoms. The summed E-state index contributed by atoms with van der Waals surface area (Å²) in [6.07, 6.45) is 1.20. The van der Waals surface area contributed by atoms with E-state index in [-0.39, 0.29) is 22.8 Å². The van der Waals surface area contributed by atoms with Gasteiger partial charge in [0.1, 0.15) is 11.6 Å².